The van der Waals surface area contributed by atoms with Gasteiger partial charge in [0.15, 0.2) is 5.96 Å². The number of fused-ring (bicyclic) bond motifs is 3. The van der Waals surface area contributed by atoms with Gasteiger partial charge in [0.25, 0.3) is 5.91 Å². The van der Waals surface area contributed by atoms with Crippen molar-refractivity contribution >= 4 is 140 Å². The van der Waals surface area contributed by atoms with Gasteiger partial charge in [-0.3, -0.25) is 87.4 Å². The van der Waals surface area contributed by atoms with Crippen LogP contribution in [0.25, 0.3) is 21.8 Å². The number of unbranched alkanes of at least 4 members (excludes halogenated alkanes) is 2. The number of nitrogens with one attached hydrogen (secondary N) is 14. The van der Waals surface area contributed by atoms with Crippen molar-refractivity contribution in [2.45, 2.75) is 197 Å². The lowest BCUT2D eigenvalue weighted by Crippen LogP contribution is -2.60. The number of amides is 18. The minimum absolute atomic E-state index is 0.0166. The van der Waals surface area contributed by atoms with Gasteiger partial charge in [0.2, 0.25) is 88.6 Å². The number of rotatable bonds is 23. The second-order valence-electron chi connectivity index (χ2n) is 31.3. The van der Waals surface area contributed by atoms with E-state index in [1.165, 1.54) is 44.9 Å². The van der Waals surface area contributed by atoms with E-state index in [1.54, 1.807) is 93.0 Å². The molecule has 668 valence electrons. The number of imide groups is 1. The first kappa shape index (κ1) is 97.5. The molecule has 0 radical (unpaired) electrons. The molecule has 2 saturated heterocycles. The number of urea groups is 1. The Bertz CT molecular complexity index is 4620. The quantitative estimate of drug-likeness (QED) is 0.0207. The predicted octanol–water partition coefficient (Wildman–Crippen LogP) is -1.24. The average Bonchev–Trinajstić information content (AvgIpc) is 1.79. The van der Waals surface area contributed by atoms with Crippen LogP contribution in [0.5, 0.6) is 0 Å². The van der Waals surface area contributed by atoms with Crippen molar-refractivity contribution in [3.63, 3.8) is 0 Å². The molecule has 2 unspecified atom stereocenters. The Hall–Kier alpha value is -12.7. The molecular weight excluding hydrogens is 1610 g/mol. The highest BCUT2D eigenvalue weighted by Crippen LogP contribution is 2.26. The molecule has 4 heterocycles. The third-order valence-corrected chi connectivity index (χ3v) is 22.4. The predicted molar refractivity (Wildman–Crippen MR) is 458 cm³/mol. The van der Waals surface area contributed by atoms with Gasteiger partial charge < -0.3 is 105 Å². The number of nitrogens with two attached hydrogens (primary N) is 3. The first-order valence-electron chi connectivity index (χ1n) is 41.2. The number of thioether (sulfide) groups is 1. The second-order valence-corrected chi connectivity index (χ2v) is 32.3. The molecule has 7 rings (SSSR count). The van der Waals surface area contributed by atoms with Crippen molar-refractivity contribution in [2.75, 3.05) is 72.4 Å². The molecule has 0 saturated carbocycles. The van der Waals surface area contributed by atoms with Crippen LogP contribution in [0.1, 0.15) is 128 Å². The van der Waals surface area contributed by atoms with Crippen LogP contribution in [0.3, 0.4) is 0 Å². The van der Waals surface area contributed by atoms with Crippen molar-refractivity contribution < 1.29 is 81.5 Å². The summed E-state index contributed by atoms with van der Waals surface area (Å²) in [7, 11) is 5.21. The maximum atomic E-state index is 15.7. The van der Waals surface area contributed by atoms with Crippen LogP contribution in [-0.4, -0.2) is 280 Å². The highest BCUT2D eigenvalue weighted by molar-refractivity contribution is 8.00. The highest BCUT2D eigenvalue weighted by Gasteiger charge is 2.43. The number of carbonyl (C=O) groups excluding carboxylic acids is 17. The molecule has 2 aliphatic rings. The van der Waals surface area contributed by atoms with Crippen molar-refractivity contribution in [3.05, 3.63) is 108 Å². The van der Waals surface area contributed by atoms with Crippen LogP contribution in [-0.2, 0) is 96.0 Å². The number of para-hydroxylation sites is 2. The molecular formula is C83H118N22O17S. The monoisotopic (exact) mass is 1730 g/mol. The highest BCUT2D eigenvalue weighted by atomic mass is 32.2. The van der Waals surface area contributed by atoms with E-state index < -0.39 is 211 Å². The molecule has 5 aromatic rings. The smallest absolute Gasteiger partial charge is 0.324 e. The van der Waals surface area contributed by atoms with Gasteiger partial charge >= 0.3 is 6.03 Å². The van der Waals surface area contributed by atoms with Gasteiger partial charge in [-0.15, -0.1) is 11.8 Å². The molecule has 2 aliphatic heterocycles. The fourth-order valence-electron chi connectivity index (χ4n) is 14.5. The van der Waals surface area contributed by atoms with Crippen LogP contribution in [0, 0.1) is 11.3 Å². The number of nitrogens with zero attached hydrogens (tertiary/aromatic N) is 5. The molecule has 0 aliphatic carbocycles. The summed E-state index contributed by atoms with van der Waals surface area (Å²) in [4.78, 5) is 255. The number of benzene rings is 3. The summed E-state index contributed by atoms with van der Waals surface area (Å²) in [6.07, 6.45) is 4.01. The molecule has 18 amide bonds. The molecule has 123 heavy (non-hydrogen) atoms. The summed E-state index contributed by atoms with van der Waals surface area (Å²) in [5.74, 6) is -15.8. The molecule has 11 atom stereocenters. The first-order valence-corrected chi connectivity index (χ1v) is 42.3. The van der Waals surface area contributed by atoms with Crippen molar-refractivity contribution in [1.82, 2.24) is 93.0 Å². The van der Waals surface area contributed by atoms with E-state index in [-0.39, 0.29) is 83.2 Å². The lowest BCUT2D eigenvalue weighted by atomic mass is 9.99. The molecule has 2 fully saturated rings. The van der Waals surface area contributed by atoms with Gasteiger partial charge in [-0.05, 0) is 86.6 Å². The van der Waals surface area contributed by atoms with Gasteiger partial charge in [0.1, 0.15) is 73.0 Å². The number of carbonyl (C=O) groups is 17. The van der Waals surface area contributed by atoms with E-state index >= 15 is 19.2 Å². The topological polar surface area (TPSA) is 572 Å². The van der Waals surface area contributed by atoms with E-state index in [9.17, 15) is 62.3 Å². The average molecular weight is 1730 g/mol. The normalized spacial score (nSPS) is 23.0. The minimum atomic E-state index is -1.71. The molecule has 0 spiro atoms. The number of likely N-dealkylation sites (N-methyl/N-ethyl adjacent to an activating group) is 4. The Labute approximate surface area is 717 Å². The van der Waals surface area contributed by atoms with E-state index in [0.717, 1.165) is 26.5 Å². The Morgan fingerprint density at radius 3 is 1.71 bits per heavy atom. The van der Waals surface area contributed by atoms with Gasteiger partial charge in [-0.2, -0.15) is 0 Å². The maximum Gasteiger partial charge on any atom is 0.324 e. The molecule has 20 N–H and O–H groups in total. The summed E-state index contributed by atoms with van der Waals surface area (Å²) < 4.78 is 0. The fourth-order valence-corrected chi connectivity index (χ4v) is 15.4. The standard InChI is InChI=1S/C83H118N22O17S/c1-10-12-30-63-76(116)95-56(29-21-33-88-82(86)87)73(113)99-62(72(112)92-42-67(85)107)45-123-46-70(110)94-59(36-49-23-15-14-16-24-49)78(118)102(7)48(5)71(111)97-61(39-66(84)106)80(120)105-34-22-32-64(105)77(117)96-57(35-47(3)4)75(115)100-83(122)101(6)44-69(109)91-43-68(108)93-58(37-50-40-89-54-27-19-17-25-52(50)54)74(114)98-60(38-51-41-90-55-28-20-18-26-53(51)55)79(119)104(9)65(31-13-11-2)81(121)103(63)8/h14-20,23-28,40-41,47-48,56-65,89-90H,10-13,21-22,29-39,42-46H2,1-9H3,(H2,84,106)(H2,85,107)(H,91,109)(H,92,112)(H,93,108)(H,94,110)(H,95,116)(H,96,117)(H,97,111)(H,98,114)(H,99,113)(H4,86,87,88)(H,100,115,122)/t48-,56-,57-,58-,59-,60-,61-,62?,63-,64?,65-/m0/s1. The lowest BCUT2D eigenvalue weighted by Gasteiger charge is -2.36. The number of guanidine groups is 1. The van der Waals surface area contributed by atoms with Crippen LogP contribution in [0.15, 0.2) is 91.3 Å². The van der Waals surface area contributed by atoms with E-state index in [1.807, 2.05) is 26.0 Å². The Morgan fingerprint density at radius 2 is 1.10 bits per heavy atom. The van der Waals surface area contributed by atoms with Crippen LogP contribution in [0.4, 0.5) is 4.79 Å². The van der Waals surface area contributed by atoms with Gasteiger partial charge in [-0.1, -0.05) is 120 Å². The Kier molecular flexibility index (Phi) is 37.7. The minimum Gasteiger partial charge on any atom is -0.370 e. The van der Waals surface area contributed by atoms with E-state index in [0.29, 0.717) is 64.2 Å². The number of aromatic amines is 2. The van der Waals surface area contributed by atoms with Crippen LogP contribution < -0.4 is 75.7 Å². The summed E-state index contributed by atoms with van der Waals surface area (Å²) in [5.41, 5.74) is 19.8. The van der Waals surface area contributed by atoms with Gasteiger partial charge in [-0.25, -0.2) is 4.79 Å². The summed E-state index contributed by atoms with van der Waals surface area (Å²) in [6, 6.07) is 5.76. The number of aromatic nitrogens is 2. The number of H-pyrrole nitrogens is 2. The molecule has 2 aromatic heterocycles. The van der Waals surface area contributed by atoms with Crippen LogP contribution in [0.2, 0.25) is 0 Å². The van der Waals surface area contributed by atoms with Gasteiger partial charge in [0, 0.05) is 100 Å². The number of primary amides is 2. The van der Waals surface area contributed by atoms with E-state index in [2.05, 4.69) is 68.5 Å². The SMILES string of the molecule is CCCC[C@H]1C(=O)N(C)[C@@H](CCCC)C(=O)N[C@@H](CCCNC(=N)N)C(=O)NC(C(=O)NCC(N)=O)CSCC(=O)N[C@@H](Cc2ccccc2)C(=O)N(C)[C@@H](C)C(=O)N[C@@H](CC(N)=O)C(=O)N2CCCC2C(=O)N[C@@H](CC(C)C)C(=O)NC(=O)N(C)CC(=O)NCC(=O)N[C@@H](Cc2c[nH]c3ccccc23)C(=O)N[C@@H](Cc2c[nH]c3ccccc23)C(=O)N1C. The summed E-state index contributed by atoms with van der Waals surface area (Å²) in [5, 5.41) is 37.7. The van der Waals surface area contributed by atoms with Crippen LogP contribution >= 0.6 is 11.8 Å². The second kappa shape index (κ2) is 47.5. The zero-order valence-electron chi connectivity index (χ0n) is 71.0. The van der Waals surface area contributed by atoms with E-state index in [4.69, 9.17) is 22.6 Å². The zero-order valence-corrected chi connectivity index (χ0v) is 71.8. The zero-order chi connectivity index (χ0) is 90.3. The fraction of sp³-hybridized carbons (Fsp3) is 0.518. The van der Waals surface area contributed by atoms with Crippen molar-refractivity contribution in [3.8, 4) is 0 Å². The van der Waals surface area contributed by atoms with Crippen molar-refractivity contribution in [2.24, 2.45) is 23.1 Å². The third kappa shape index (κ3) is 29.0. The number of hydrogen-bond acceptors (Lipinski definition) is 19. The maximum absolute atomic E-state index is 15.7. The number of hydrogen-bond donors (Lipinski definition) is 17. The van der Waals surface area contributed by atoms with Crippen molar-refractivity contribution in [1.29, 1.82) is 5.41 Å². The lowest BCUT2D eigenvalue weighted by molar-refractivity contribution is -0.149. The summed E-state index contributed by atoms with van der Waals surface area (Å²) >= 11 is 0.806. The summed E-state index contributed by atoms with van der Waals surface area (Å²) in [6.45, 7) is 6.25. The molecule has 40 heteroatoms. The van der Waals surface area contributed by atoms with Gasteiger partial charge in [0.05, 0.1) is 25.3 Å². The molecule has 39 nitrogen and oxygen atoms in total. The molecule has 3 aromatic carbocycles. The first-order chi connectivity index (χ1) is 58.5. The Morgan fingerprint density at radius 1 is 0.545 bits per heavy atom. The molecule has 0 bridgehead atoms. The third-order valence-electron chi connectivity index (χ3n) is 21.4. The Balaban J connectivity index is 1.27. The largest absolute Gasteiger partial charge is 0.370 e.